The number of nitrogen functional groups attached to an aromatic ring is 1. The van der Waals surface area contributed by atoms with Gasteiger partial charge in [-0.25, -0.2) is 4.98 Å². The number of H-pyrrole nitrogens is 1. The fourth-order valence-corrected chi connectivity index (χ4v) is 2.39. The number of nitrogens with two attached hydrogens (primary N) is 1. The molecule has 2 rings (SSSR count). The molecule has 1 aromatic rings. The number of nitrogens with zero attached hydrogens (tertiary/aromatic N) is 2. The molecule has 2 amide bonds. The molecule has 4 N–H and O–H groups in total. The number of anilines is 1. The van der Waals surface area contributed by atoms with Gasteiger partial charge < -0.3 is 20.9 Å². The van der Waals surface area contributed by atoms with Crippen molar-refractivity contribution in [2.75, 3.05) is 25.1 Å². The Hall–Kier alpha value is -2.03. The highest BCUT2D eigenvalue weighted by molar-refractivity contribution is 7.99. The van der Waals surface area contributed by atoms with Crippen molar-refractivity contribution in [1.29, 1.82) is 0 Å². The Morgan fingerprint density at radius 2 is 2.29 bits per heavy atom. The standard InChI is InChI=1S/C12H17N5O3S/c1-17(5-10(19)14-7-2-3-7)11(20)6-21-12-15-8(13)4-9(18)16-12/h4,7H,2-3,5-6H2,1H3,(H,14,19)(H3,13,15,16,18). The first-order valence-corrected chi connectivity index (χ1v) is 7.45. The molecule has 1 aliphatic rings. The molecule has 0 atom stereocenters. The van der Waals surface area contributed by atoms with Crippen molar-refractivity contribution in [3.05, 3.63) is 16.4 Å². The zero-order valence-electron chi connectivity index (χ0n) is 11.6. The van der Waals surface area contributed by atoms with Gasteiger partial charge in [-0.3, -0.25) is 14.4 Å². The summed E-state index contributed by atoms with van der Waals surface area (Å²) in [5.74, 6) is -0.213. The van der Waals surface area contributed by atoms with Gasteiger partial charge >= 0.3 is 0 Å². The summed E-state index contributed by atoms with van der Waals surface area (Å²) in [6.45, 7) is 0.0246. The quantitative estimate of drug-likeness (QED) is 0.466. The van der Waals surface area contributed by atoms with Crippen LogP contribution < -0.4 is 16.6 Å². The van der Waals surface area contributed by atoms with Gasteiger partial charge in [-0.05, 0) is 12.8 Å². The first kappa shape index (κ1) is 15.4. The lowest BCUT2D eigenvalue weighted by Gasteiger charge is -2.16. The van der Waals surface area contributed by atoms with Crippen molar-refractivity contribution in [3.8, 4) is 0 Å². The summed E-state index contributed by atoms with van der Waals surface area (Å²) in [7, 11) is 1.56. The van der Waals surface area contributed by atoms with Crippen LogP contribution in [0.25, 0.3) is 0 Å². The number of amides is 2. The molecule has 0 aliphatic heterocycles. The van der Waals surface area contributed by atoms with Gasteiger partial charge in [0, 0.05) is 19.2 Å². The van der Waals surface area contributed by atoms with Crippen LogP contribution in [0.3, 0.4) is 0 Å². The molecule has 0 saturated heterocycles. The fraction of sp³-hybridized carbons (Fsp3) is 0.500. The van der Waals surface area contributed by atoms with Crippen molar-refractivity contribution in [2.45, 2.75) is 24.0 Å². The van der Waals surface area contributed by atoms with E-state index in [4.69, 9.17) is 5.73 Å². The van der Waals surface area contributed by atoms with E-state index in [1.54, 1.807) is 7.05 Å². The molecule has 8 nitrogen and oxygen atoms in total. The van der Waals surface area contributed by atoms with Crippen molar-refractivity contribution in [1.82, 2.24) is 20.2 Å². The average Bonchev–Trinajstić information content (AvgIpc) is 3.18. The smallest absolute Gasteiger partial charge is 0.253 e. The molecule has 0 aromatic carbocycles. The summed E-state index contributed by atoms with van der Waals surface area (Å²) >= 11 is 1.07. The minimum atomic E-state index is -0.366. The predicted octanol–water partition coefficient (Wildman–Crippen LogP) is -0.819. The first-order valence-electron chi connectivity index (χ1n) is 6.47. The highest BCUT2D eigenvalue weighted by Gasteiger charge is 2.24. The molecular formula is C12H17N5O3S. The molecule has 1 aromatic heterocycles. The van der Waals surface area contributed by atoms with Crippen LogP contribution in [-0.2, 0) is 9.59 Å². The monoisotopic (exact) mass is 311 g/mol. The fourth-order valence-electron chi connectivity index (χ4n) is 1.57. The average molecular weight is 311 g/mol. The SMILES string of the molecule is CN(CC(=O)NC1CC1)C(=O)CSc1nc(N)cc(=O)[nH]1. The van der Waals surface area contributed by atoms with Gasteiger partial charge in [0.2, 0.25) is 11.8 Å². The molecule has 0 unspecified atom stereocenters. The van der Waals surface area contributed by atoms with Gasteiger partial charge in [0.1, 0.15) is 5.82 Å². The van der Waals surface area contributed by atoms with E-state index >= 15 is 0 Å². The van der Waals surface area contributed by atoms with Crippen molar-refractivity contribution < 1.29 is 9.59 Å². The van der Waals surface area contributed by atoms with E-state index in [2.05, 4.69) is 15.3 Å². The Kier molecular flexibility index (Phi) is 4.84. The van der Waals surface area contributed by atoms with E-state index in [9.17, 15) is 14.4 Å². The van der Waals surface area contributed by atoms with Crippen LogP contribution in [0, 0.1) is 0 Å². The second kappa shape index (κ2) is 6.61. The lowest BCUT2D eigenvalue weighted by Crippen LogP contribution is -2.39. The minimum absolute atomic E-state index is 0.0246. The molecule has 0 spiro atoms. The number of thioether (sulfide) groups is 1. The molecule has 1 heterocycles. The number of carbonyl (C=O) groups excluding carboxylic acids is 2. The highest BCUT2D eigenvalue weighted by Crippen LogP contribution is 2.18. The third-order valence-corrected chi connectivity index (χ3v) is 3.68. The number of carbonyl (C=O) groups is 2. The predicted molar refractivity (Wildman–Crippen MR) is 78.8 cm³/mol. The summed E-state index contributed by atoms with van der Waals surface area (Å²) in [5, 5.41) is 3.09. The number of hydrogen-bond acceptors (Lipinski definition) is 6. The maximum atomic E-state index is 11.9. The van der Waals surface area contributed by atoms with E-state index in [0.717, 1.165) is 24.6 Å². The number of aromatic amines is 1. The Morgan fingerprint density at radius 3 is 2.90 bits per heavy atom. The van der Waals surface area contributed by atoms with Crippen molar-refractivity contribution in [3.63, 3.8) is 0 Å². The first-order chi connectivity index (χ1) is 9.94. The van der Waals surface area contributed by atoms with Crippen LogP contribution in [0.2, 0.25) is 0 Å². The molecule has 1 fully saturated rings. The van der Waals surface area contributed by atoms with Gasteiger partial charge in [0.15, 0.2) is 5.16 Å². The van der Waals surface area contributed by atoms with Crippen LogP contribution in [0.1, 0.15) is 12.8 Å². The lowest BCUT2D eigenvalue weighted by atomic mass is 10.5. The minimum Gasteiger partial charge on any atom is -0.383 e. The maximum absolute atomic E-state index is 11.9. The summed E-state index contributed by atoms with van der Waals surface area (Å²) in [6.07, 6.45) is 2.02. The molecule has 21 heavy (non-hydrogen) atoms. The van der Waals surface area contributed by atoms with Gasteiger partial charge in [-0.1, -0.05) is 11.8 Å². The third-order valence-electron chi connectivity index (χ3n) is 2.82. The van der Waals surface area contributed by atoms with E-state index in [-0.39, 0.29) is 46.7 Å². The van der Waals surface area contributed by atoms with E-state index in [1.807, 2.05) is 0 Å². The summed E-state index contributed by atoms with van der Waals surface area (Å²) < 4.78 is 0. The maximum Gasteiger partial charge on any atom is 0.253 e. The molecule has 9 heteroatoms. The second-order valence-corrected chi connectivity index (χ2v) is 5.82. The summed E-state index contributed by atoms with van der Waals surface area (Å²) in [5.41, 5.74) is 5.08. The second-order valence-electron chi connectivity index (χ2n) is 4.86. The van der Waals surface area contributed by atoms with Crippen molar-refractivity contribution in [2.24, 2.45) is 0 Å². The normalized spacial score (nSPS) is 13.8. The van der Waals surface area contributed by atoms with Crippen LogP contribution in [0.15, 0.2) is 16.0 Å². The Balaban J connectivity index is 1.79. The Bertz CT molecular complexity index is 599. The van der Waals surface area contributed by atoms with Crippen LogP contribution >= 0.6 is 11.8 Å². The molecule has 1 aliphatic carbocycles. The van der Waals surface area contributed by atoms with Gasteiger partial charge in [0.25, 0.3) is 5.56 Å². The van der Waals surface area contributed by atoms with Crippen LogP contribution in [0.5, 0.6) is 0 Å². The van der Waals surface area contributed by atoms with Gasteiger partial charge in [-0.2, -0.15) is 0 Å². The topological polar surface area (TPSA) is 121 Å². The van der Waals surface area contributed by atoms with E-state index in [1.165, 1.54) is 11.0 Å². The number of likely N-dealkylation sites (N-methyl/N-ethyl adjacent to an activating group) is 1. The van der Waals surface area contributed by atoms with Crippen LogP contribution in [-0.4, -0.2) is 52.1 Å². The third kappa shape index (κ3) is 5.10. The number of hydrogen-bond donors (Lipinski definition) is 3. The molecule has 114 valence electrons. The summed E-state index contributed by atoms with van der Waals surface area (Å²) in [4.78, 5) is 42.4. The number of rotatable bonds is 6. The van der Waals surface area contributed by atoms with Gasteiger partial charge in [-0.15, -0.1) is 0 Å². The largest absolute Gasteiger partial charge is 0.383 e. The summed E-state index contributed by atoms with van der Waals surface area (Å²) in [6, 6.07) is 1.44. The van der Waals surface area contributed by atoms with E-state index in [0.29, 0.717) is 0 Å². The zero-order chi connectivity index (χ0) is 15.4. The number of nitrogens with one attached hydrogen (secondary N) is 2. The molecular weight excluding hydrogens is 294 g/mol. The molecule has 0 bridgehead atoms. The molecule has 1 saturated carbocycles. The van der Waals surface area contributed by atoms with Crippen molar-refractivity contribution >= 4 is 29.4 Å². The van der Waals surface area contributed by atoms with Gasteiger partial charge in [0.05, 0.1) is 12.3 Å². The lowest BCUT2D eigenvalue weighted by molar-refractivity contribution is -0.132. The zero-order valence-corrected chi connectivity index (χ0v) is 12.4. The molecule has 0 radical (unpaired) electrons. The highest BCUT2D eigenvalue weighted by atomic mass is 32.2. The van der Waals surface area contributed by atoms with E-state index < -0.39 is 0 Å². The number of aromatic nitrogens is 2. The van der Waals surface area contributed by atoms with Crippen LogP contribution in [0.4, 0.5) is 5.82 Å². The Morgan fingerprint density at radius 1 is 1.57 bits per heavy atom. The Labute approximate surface area is 125 Å².